The molecule has 152 valence electrons. The van der Waals surface area contributed by atoms with E-state index in [1.807, 2.05) is 18.2 Å². The van der Waals surface area contributed by atoms with Gasteiger partial charge in [-0.3, -0.25) is 9.36 Å². The number of piperidine rings is 1. The quantitative estimate of drug-likeness (QED) is 0.769. The third kappa shape index (κ3) is 4.40. The second-order valence-electron chi connectivity index (χ2n) is 6.85. The van der Waals surface area contributed by atoms with Crippen molar-refractivity contribution >= 4 is 17.5 Å². The highest BCUT2D eigenvalue weighted by atomic mass is 35.5. The first-order chi connectivity index (χ1) is 13.2. The summed E-state index contributed by atoms with van der Waals surface area (Å²) in [6.07, 6.45) is -3.02. The van der Waals surface area contributed by atoms with Crippen molar-refractivity contribution in [3.63, 3.8) is 0 Å². The van der Waals surface area contributed by atoms with Crippen molar-refractivity contribution in [1.82, 2.24) is 19.2 Å². The molecule has 2 heterocycles. The van der Waals surface area contributed by atoms with E-state index in [0.29, 0.717) is 48.4 Å². The standard InChI is InChI=1S/C18H20ClF3N4O2/c1-24-16(18(20,21)22)23-26(17(24)28)14-7-9-25(10-8-14)15(27)6-5-12-3-2-4-13(19)11-12/h2-4,11,14H,5-10H2,1H3. The summed E-state index contributed by atoms with van der Waals surface area (Å²) in [6, 6.07) is 6.85. The van der Waals surface area contributed by atoms with E-state index in [9.17, 15) is 22.8 Å². The number of aromatic nitrogens is 3. The number of alkyl halides is 3. The van der Waals surface area contributed by atoms with Crippen molar-refractivity contribution in [3.05, 3.63) is 51.2 Å². The van der Waals surface area contributed by atoms with Gasteiger partial charge in [0, 0.05) is 31.6 Å². The van der Waals surface area contributed by atoms with E-state index in [0.717, 1.165) is 17.3 Å². The molecule has 0 radical (unpaired) electrons. The van der Waals surface area contributed by atoms with Crippen molar-refractivity contribution < 1.29 is 18.0 Å². The number of benzene rings is 1. The summed E-state index contributed by atoms with van der Waals surface area (Å²) in [5.41, 5.74) is 0.175. The minimum Gasteiger partial charge on any atom is -0.343 e. The molecule has 0 saturated carbocycles. The SMILES string of the molecule is Cn1c(C(F)(F)F)nn(C2CCN(C(=O)CCc3cccc(Cl)c3)CC2)c1=O. The second-order valence-corrected chi connectivity index (χ2v) is 7.29. The molecule has 10 heteroatoms. The van der Waals surface area contributed by atoms with Crippen molar-refractivity contribution in [2.75, 3.05) is 13.1 Å². The largest absolute Gasteiger partial charge is 0.451 e. The summed E-state index contributed by atoms with van der Waals surface area (Å²) in [7, 11) is 1.06. The number of nitrogens with zero attached hydrogens (tertiary/aromatic N) is 4. The molecule has 6 nitrogen and oxygen atoms in total. The molecular formula is C18H20ClF3N4O2. The van der Waals surface area contributed by atoms with Gasteiger partial charge >= 0.3 is 11.9 Å². The van der Waals surface area contributed by atoms with Gasteiger partial charge in [0.15, 0.2) is 0 Å². The van der Waals surface area contributed by atoms with E-state index < -0.39 is 23.7 Å². The number of aryl methyl sites for hydroxylation is 1. The van der Waals surface area contributed by atoms with Crippen LogP contribution in [0.1, 0.15) is 36.7 Å². The van der Waals surface area contributed by atoms with Gasteiger partial charge in [0.1, 0.15) is 0 Å². The average Bonchev–Trinajstić information content (AvgIpc) is 2.95. The molecule has 0 atom stereocenters. The molecule has 2 aromatic rings. The van der Waals surface area contributed by atoms with Crippen LogP contribution in [0.25, 0.3) is 0 Å². The van der Waals surface area contributed by atoms with Gasteiger partial charge in [-0.1, -0.05) is 23.7 Å². The first-order valence-electron chi connectivity index (χ1n) is 8.92. The van der Waals surface area contributed by atoms with Crippen LogP contribution >= 0.6 is 11.6 Å². The summed E-state index contributed by atoms with van der Waals surface area (Å²) in [5, 5.41) is 4.10. The van der Waals surface area contributed by atoms with Gasteiger partial charge in [0.25, 0.3) is 0 Å². The van der Waals surface area contributed by atoms with Crippen LogP contribution in [-0.4, -0.2) is 38.2 Å². The van der Waals surface area contributed by atoms with E-state index in [-0.39, 0.29) is 5.91 Å². The average molecular weight is 417 g/mol. The van der Waals surface area contributed by atoms with Crippen LogP contribution in [0.2, 0.25) is 5.02 Å². The zero-order valence-electron chi connectivity index (χ0n) is 15.2. The van der Waals surface area contributed by atoms with Crippen LogP contribution < -0.4 is 5.69 Å². The number of amides is 1. The summed E-state index contributed by atoms with van der Waals surface area (Å²) in [6.45, 7) is 0.757. The third-order valence-electron chi connectivity index (χ3n) is 4.94. The Kier molecular flexibility index (Phi) is 5.83. The Hall–Kier alpha value is -2.29. The van der Waals surface area contributed by atoms with Gasteiger partial charge in [0.05, 0.1) is 6.04 Å². The first kappa shape index (κ1) is 20.4. The van der Waals surface area contributed by atoms with Gasteiger partial charge in [-0.15, -0.1) is 5.10 Å². The summed E-state index contributed by atoms with van der Waals surface area (Å²) < 4.78 is 40.2. The molecule has 1 amide bonds. The van der Waals surface area contributed by atoms with E-state index in [4.69, 9.17) is 11.6 Å². The number of carbonyl (C=O) groups is 1. The number of halogens is 4. The lowest BCUT2D eigenvalue weighted by Gasteiger charge is -2.31. The van der Waals surface area contributed by atoms with Gasteiger partial charge in [-0.25, -0.2) is 9.48 Å². The molecule has 3 rings (SSSR count). The Morgan fingerprint density at radius 1 is 1.29 bits per heavy atom. The minimum absolute atomic E-state index is 0.0252. The normalized spacial score (nSPS) is 15.8. The zero-order chi connectivity index (χ0) is 20.5. The summed E-state index contributed by atoms with van der Waals surface area (Å²) >= 11 is 5.94. The third-order valence-corrected chi connectivity index (χ3v) is 5.17. The van der Waals surface area contributed by atoms with Gasteiger partial charge < -0.3 is 4.90 Å². The fraction of sp³-hybridized carbons (Fsp3) is 0.500. The van der Waals surface area contributed by atoms with Gasteiger partial charge in [0.2, 0.25) is 11.7 Å². The minimum atomic E-state index is -4.68. The van der Waals surface area contributed by atoms with Crippen LogP contribution in [0.4, 0.5) is 13.2 Å². The number of hydrogen-bond donors (Lipinski definition) is 0. The van der Waals surface area contributed by atoms with E-state index in [2.05, 4.69) is 5.10 Å². The first-order valence-corrected chi connectivity index (χ1v) is 9.29. The molecule has 0 N–H and O–H groups in total. The van der Waals surface area contributed by atoms with Crippen LogP contribution in [0, 0.1) is 0 Å². The molecule has 1 fully saturated rings. The predicted molar refractivity (Wildman–Crippen MR) is 97.1 cm³/mol. The Morgan fingerprint density at radius 2 is 1.96 bits per heavy atom. The van der Waals surface area contributed by atoms with Crippen LogP contribution in [-0.2, 0) is 24.4 Å². The predicted octanol–water partition coefficient (Wildman–Crippen LogP) is 3.05. The Labute approximate surface area is 164 Å². The van der Waals surface area contributed by atoms with E-state index in [1.54, 1.807) is 11.0 Å². The van der Waals surface area contributed by atoms with Crippen molar-refractivity contribution in [1.29, 1.82) is 0 Å². The van der Waals surface area contributed by atoms with Crippen LogP contribution in [0.3, 0.4) is 0 Å². The molecule has 1 aliphatic heterocycles. The number of rotatable bonds is 4. The van der Waals surface area contributed by atoms with Crippen LogP contribution in [0.15, 0.2) is 29.1 Å². The highest BCUT2D eigenvalue weighted by Crippen LogP contribution is 2.28. The monoisotopic (exact) mass is 416 g/mol. The van der Waals surface area contributed by atoms with Gasteiger partial charge in [-0.2, -0.15) is 13.2 Å². The number of hydrogen-bond acceptors (Lipinski definition) is 3. The molecule has 0 spiro atoms. The lowest BCUT2D eigenvalue weighted by atomic mass is 10.0. The zero-order valence-corrected chi connectivity index (χ0v) is 16.0. The molecule has 0 aliphatic carbocycles. The Morgan fingerprint density at radius 3 is 2.54 bits per heavy atom. The maximum Gasteiger partial charge on any atom is 0.451 e. The second kappa shape index (κ2) is 7.98. The lowest BCUT2D eigenvalue weighted by Crippen LogP contribution is -2.41. The maximum absolute atomic E-state index is 12.9. The highest BCUT2D eigenvalue weighted by Gasteiger charge is 2.39. The molecule has 0 bridgehead atoms. The topological polar surface area (TPSA) is 60.1 Å². The molecule has 1 aliphatic rings. The fourth-order valence-electron chi connectivity index (χ4n) is 3.40. The molecule has 28 heavy (non-hydrogen) atoms. The Bertz CT molecular complexity index is 914. The molecule has 0 unspecified atom stereocenters. The lowest BCUT2D eigenvalue weighted by molar-refractivity contribution is -0.147. The maximum atomic E-state index is 12.9. The molecule has 1 aromatic carbocycles. The smallest absolute Gasteiger partial charge is 0.343 e. The highest BCUT2D eigenvalue weighted by molar-refractivity contribution is 6.30. The van der Waals surface area contributed by atoms with Crippen molar-refractivity contribution in [2.45, 2.75) is 37.9 Å². The van der Waals surface area contributed by atoms with Crippen molar-refractivity contribution in [3.8, 4) is 0 Å². The summed E-state index contributed by atoms with van der Waals surface area (Å²) in [4.78, 5) is 26.2. The summed E-state index contributed by atoms with van der Waals surface area (Å²) in [5.74, 6) is -1.24. The fourth-order valence-corrected chi connectivity index (χ4v) is 3.62. The number of likely N-dealkylation sites (tertiary alicyclic amines) is 1. The van der Waals surface area contributed by atoms with Gasteiger partial charge in [-0.05, 0) is 37.0 Å². The van der Waals surface area contributed by atoms with E-state index in [1.165, 1.54) is 0 Å². The Balaban J connectivity index is 1.59. The number of carbonyl (C=O) groups excluding carboxylic acids is 1. The van der Waals surface area contributed by atoms with Crippen molar-refractivity contribution in [2.24, 2.45) is 7.05 Å². The molecule has 1 saturated heterocycles. The molecular weight excluding hydrogens is 397 g/mol. The van der Waals surface area contributed by atoms with Crippen LogP contribution in [0.5, 0.6) is 0 Å². The molecule has 1 aromatic heterocycles. The van der Waals surface area contributed by atoms with E-state index >= 15 is 0 Å².